The lowest BCUT2D eigenvalue weighted by Crippen LogP contribution is -2.60. The van der Waals surface area contributed by atoms with Crippen molar-refractivity contribution in [3.05, 3.63) is 0 Å². The fourth-order valence-electron chi connectivity index (χ4n) is 2.41. The van der Waals surface area contributed by atoms with E-state index in [2.05, 4.69) is 0 Å². The number of rotatable bonds is 1. The van der Waals surface area contributed by atoms with E-state index in [4.69, 9.17) is 22.6 Å². The van der Waals surface area contributed by atoms with Crippen molar-refractivity contribution in [2.45, 2.75) is 43.7 Å². The molecule has 3 saturated heterocycles. The third-order valence-electron chi connectivity index (χ3n) is 3.03. The summed E-state index contributed by atoms with van der Waals surface area (Å²) in [4.78, 5) is 0. The van der Waals surface area contributed by atoms with Crippen molar-refractivity contribution in [3.8, 4) is 0 Å². The number of ether oxygens (including phenoxy) is 3. The van der Waals surface area contributed by atoms with Gasteiger partial charge in [-0.05, 0) is 13.8 Å². The second-order valence-electron chi connectivity index (χ2n) is 4.72. The summed E-state index contributed by atoms with van der Waals surface area (Å²) in [6, 6.07) is 0. The zero-order chi connectivity index (χ0) is 12.3. The van der Waals surface area contributed by atoms with Gasteiger partial charge in [0.2, 0.25) is 5.79 Å². The smallest absolute Gasteiger partial charge is 0.305 e. The standard InChI is InChI=1S/C9H14O7S/c1-8(2)13-7-6-5(14-17(11)15-6)3-12-9(7,4-10)16-8/h5-7,10H,3-4H2,1-2H3/t5-,6-,7+,9+,17-/m1/s1. The summed E-state index contributed by atoms with van der Waals surface area (Å²) in [7, 11) is 0. The first-order valence-corrected chi connectivity index (χ1v) is 6.35. The first-order chi connectivity index (χ1) is 7.96. The predicted octanol–water partition coefficient (Wildman–Crippen LogP) is -0.781. The highest BCUT2D eigenvalue weighted by Gasteiger charge is 2.64. The van der Waals surface area contributed by atoms with Gasteiger partial charge < -0.3 is 19.3 Å². The highest BCUT2D eigenvalue weighted by Crippen LogP contribution is 2.45. The van der Waals surface area contributed by atoms with Gasteiger partial charge in [-0.15, -0.1) is 0 Å². The van der Waals surface area contributed by atoms with Crippen molar-refractivity contribution in [1.29, 1.82) is 0 Å². The molecule has 1 N–H and O–H groups in total. The molecule has 0 bridgehead atoms. The Labute approximate surface area is 101 Å². The second-order valence-corrected chi connectivity index (χ2v) is 5.51. The molecule has 3 aliphatic heterocycles. The van der Waals surface area contributed by atoms with Crippen LogP contribution in [0.2, 0.25) is 0 Å². The van der Waals surface area contributed by atoms with E-state index in [0.29, 0.717) is 0 Å². The molecule has 0 spiro atoms. The Hall–Kier alpha value is -0.0900. The molecule has 8 heteroatoms. The molecule has 0 aromatic carbocycles. The van der Waals surface area contributed by atoms with Crippen LogP contribution in [0.1, 0.15) is 13.8 Å². The Morgan fingerprint density at radius 3 is 2.88 bits per heavy atom. The maximum Gasteiger partial charge on any atom is 0.305 e. The molecule has 0 saturated carbocycles. The van der Waals surface area contributed by atoms with Gasteiger partial charge in [0.25, 0.3) is 0 Å². The lowest BCUT2D eigenvalue weighted by atomic mass is 9.98. The predicted molar refractivity (Wildman–Crippen MR) is 53.7 cm³/mol. The van der Waals surface area contributed by atoms with E-state index in [1.807, 2.05) is 0 Å². The third kappa shape index (κ3) is 1.75. The number of hydrogen-bond donors (Lipinski definition) is 1. The van der Waals surface area contributed by atoms with Crippen molar-refractivity contribution >= 4 is 11.4 Å². The molecule has 3 heterocycles. The minimum atomic E-state index is -1.79. The molecular weight excluding hydrogens is 252 g/mol. The fraction of sp³-hybridized carbons (Fsp3) is 1.00. The third-order valence-corrected chi connectivity index (χ3v) is 3.82. The summed E-state index contributed by atoms with van der Waals surface area (Å²) in [6.07, 6.45) is -1.68. The first kappa shape index (κ1) is 12.0. The van der Waals surface area contributed by atoms with Crippen molar-refractivity contribution in [3.63, 3.8) is 0 Å². The van der Waals surface area contributed by atoms with Crippen molar-refractivity contribution < 1.29 is 31.9 Å². The molecule has 3 rings (SSSR count). The van der Waals surface area contributed by atoms with Crippen molar-refractivity contribution in [2.75, 3.05) is 13.2 Å². The molecule has 0 radical (unpaired) electrons. The summed E-state index contributed by atoms with van der Waals surface area (Å²) in [5, 5.41) is 9.47. The minimum Gasteiger partial charge on any atom is -0.391 e. The van der Waals surface area contributed by atoms with Crippen LogP contribution in [0.15, 0.2) is 0 Å². The van der Waals surface area contributed by atoms with Gasteiger partial charge in [-0.1, -0.05) is 0 Å². The zero-order valence-electron chi connectivity index (χ0n) is 9.45. The summed E-state index contributed by atoms with van der Waals surface area (Å²) >= 11 is -1.79. The van der Waals surface area contributed by atoms with E-state index in [1.165, 1.54) is 0 Å². The molecule has 0 unspecified atom stereocenters. The highest BCUT2D eigenvalue weighted by atomic mass is 32.2. The van der Waals surface area contributed by atoms with Crippen LogP contribution >= 0.6 is 0 Å². The van der Waals surface area contributed by atoms with Gasteiger partial charge in [0.1, 0.15) is 24.9 Å². The Bertz CT molecular complexity index is 359. The highest BCUT2D eigenvalue weighted by molar-refractivity contribution is 7.75. The summed E-state index contributed by atoms with van der Waals surface area (Å²) < 4.78 is 38.2. The normalized spacial score (nSPS) is 52.2. The van der Waals surface area contributed by atoms with Crippen LogP contribution < -0.4 is 0 Å². The number of aliphatic hydroxyl groups is 1. The maximum absolute atomic E-state index is 11.2. The molecule has 3 fully saturated rings. The molecule has 0 aliphatic carbocycles. The molecule has 0 aromatic rings. The fourth-order valence-corrected chi connectivity index (χ4v) is 3.23. The van der Waals surface area contributed by atoms with Gasteiger partial charge in [-0.25, -0.2) is 0 Å². The van der Waals surface area contributed by atoms with E-state index in [0.717, 1.165) is 0 Å². The minimum absolute atomic E-state index is 0.146. The molecule has 0 amide bonds. The van der Waals surface area contributed by atoms with E-state index in [-0.39, 0.29) is 13.2 Å². The Kier molecular flexibility index (Phi) is 2.61. The molecule has 7 nitrogen and oxygen atoms in total. The molecular formula is C9H14O7S. The Balaban J connectivity index is 1.92. The quantitative estimate of drug-likeness (QED) is 0.666. The van der Waals surface area contributed by atoms with Crippen LogP contribution in [0, 0.1) is 0 Å². The van der Waals surface area contributed by atoms with Gasteiger partial charge in [-0.3, -0.25) is 8.37 Å². The molecule has 3 aliphatic rings. The Morgan fingerprint density at radius 2 is 2.18 bits per heavy atom. The van der Waals surface area contributed by atoms with Gasteiger partial charge in [0.05, 0.1) is 6.61 Å². The lowest BCUT2D eigenvalue weighted by Gasteiger charge is -2.38. The van der Waals surface area contributed by atoms with Crippen LogP contribution in [0.3, 0.4) is 0 Å². The molecule has 98 valence electrons. The lowest BCUT2D eigenvalue weighted by molar-refractivity contribution is -0.294. The number of aliphatic hydroxyl groups excluding tert-OH is 1. The van der Waals surface area contributed by atoms with Crippen molar-refractivity contribution in [1.82, 2.24) is 0 Å². The average molecular weight is 266 g/mol. The van der Waals surface area contributed by atoms with Gasteiger partial charge >= 0.3 is 11.4 Å². The summed E-state index contributed by atoms with van der Waals surface area (Å²) in [5.41, 5.74) is 0. The van der Waals surface area contributed by atoms with Crippen LogP contribution in [0.4, 0.5) is 0 Å². The van der Waals surface area contributed by atoms with Crippen LogP contribution in [0.25, 0.3) is 0 Å². The van der Waals surface area contributed by atoms with E-state index >= 15 is 0 Å². The maximum atomic E-state index is 11.2. The molecule has 17 heavy (non-hydrogen) atoms. The largest absolute Gasteiger partial charge is 0.391 e. The number of hydrogen-bond acceptors (Lipinski definition) is 7. The zero-order valence-corrected chi connectivity index (χ0v) is 10.3. The first-order valence-electron chi connectivity index (χ1n) is 5.35. The number of fused-ring (bicyclic) bond motifs is 3. The van der Waals surface area contributed by atoms with Gasteiger partial charge in [0, 0.05) is 0 Å². The van der Waals surface area contributed by atoms with E-state index in [9.17, 15) is 9.32 Å². The van der Waals surface area contributed by atoms with Crippen molar-refractivity contribution in [2.24, 2.45) is 0 Å². The second kappa shape index (κ2) is 3.70. The monoisotopic (exact) mass is 266 g/mol. The Morgan fingerprint density at radius 1 is 1.41 bits per heavy atom. The van der Waals surface area contributed by atoms with Gasteiger partial charge in [0.15, 0.2) is 5.79 Å². The van der Waals surface area contributed by atoms with E-state index < -0.39 is 41.2 Å². The molecule has 0 aromatic heterocycles. The van der Waals surface area contributed by atoms with Crippen LogP contribution in [0.5, 0.6) is 0 Å². The molecule has 5 atom stereocenters. The van der Waals surface area contributed by atoms with Gasteiger partial charge in [-0.2, -0.15) is 4.21 Å². The summed E-state index contributed by atoms with van der Waals surface area (Å²) in [5.74, 6) is -2.15. The SMILES string of the molecule is CC1(C)O[C@H]2[C@@H]3O[S@](=O)O[C@@H]3CO[C@@]2(CO)O1. The average Bonchev–Trinajstić information content (AvgIpc) is 2.74. The van der Waals surface area contributed by atoms with Crippen LogP contribution in [-0.4, -0.2) is 52.4 Å². The van der Waals surface area contributed by atoms with Crippen LogP contribution in [-0.2, 0) is 33.9 Å². The summed E-state index contributed by atoms with van der Waals surface area (Å²) in [6.45, 7) is 3.22. The van der Waals surface area contributed by atoms with E-state index in [1.54, 1.807) is 13.8 Å². The topological polar surface area (TPSA) is 83.5 Å².